The number of aliphatic hydroxyl groups is 11. The molecule has 3 heterocycles. The van der Waals surface area contributed by atoms with Gasteiger partial charge < -0.3 is 89.9 Å². The zero-order valence-corrected chi connectivity index (χ0v) is 63.2. The van der Waals surface area contributed by atoms with Crippen LogP contribution in [0.15, 0.2) is 24.3 Å². The van der Waals surface area contributed by atoms with Crippen molar-refractivity contribution in [2.75, 3.05) is 26.4 Å². The molecule has 17 atom stereocenters. The molecule has 3 saturated heterocycles. The first kappa shape index (κ1) is 92.5. The van der Waals surface area contributed by atoms with E-state index in [0.29, 0.717) is 12.8 Å². The molecule has 0 radical (unpaired) electrons. The van der Waals surface area contributed by atoms with Gasteiger partial charge in [-0.1, -0.05) is 340 Å². The molecule has 1 amide bonds. The van der Waals surface area contributed by atoms with Gasteiger partial charge in [0.15, 0.2) is 18.9 Å². The minimum atomic E-state index is -1.98. The van der Waals surface area contributed by atoms with Crippen molar-refractivity contribution < 1.29 is 89.4 Å². The lowest BCUT2D eigenvalue weighted by atomic mass is 9.96. The van der Waals surface area contributed by atoms with Crippen molar-refractivity contribution in [3.05, 3.63) is 24.3 Å². The molecule has 3 rings (SSSR count). The molecule has 0 aliphatic carbocycles. The van der Waals surface area contributed by atoms with Crippen LogP contribution in [0.4, 0.5) is 0 Å². The lowest BCUT2D eigenvalue weighted by Gasteiger charge is -2.48. The number of amides is 1. The van der Waals surface area contributed by atoms with Crippen molar-refractivity contribution >= 4 is 5.91 Å². The maximum absolute atomic E-state index is 13.5. The highest BCUT2D eigenvalue weighted by atomic mass is 16.8. The van der Waals surface area contributed by atoms with E-state index in [4.69, 9.17) is 28.4 Å². The maximum atomic E-state index is 13.5. The number of hydrogen-bond acceptors (Lipinski definition) is 18. The van der Waals surface area contributed by atoms with Gasteiger partial charge in [0.2, 0.25) is 5.91 Å². The fourth-order valence-corrected chi connectivity index (χ4v) is 14.3. The van der Waals surface area contributed by atoms with Gasteiger partial charge in [-0.15, -0.1) is 0 Å². The van der Waals surface area contributed by atoms with Crippen LogP contribution >= 0.6 is 0 Å². The van der Waals surface area contributed by atoms with E-state index in [0.717, 1.165) is 38.5 Å². The molecule has 3 aliphatic rings. The van der Waals surface area contributed by atoms with Crippen LogP contribution in [0.2, 0.25) is 0 Å². The van der Waals surface area contributed by atoms with Crippen LogP contribution in [0, 0.1) is 0 Å². The number of carbonyl (C=O) groups excluding carboxylic acids is 1. The Balaban J connectivity index is 1.36. The highest BCUT2D eigenvalue weighted by molar-refractivity contribution is 5.76. The number of ether oxygens (including phenoxy) is 6. The molecule has 0 aromatic heterocycles. The average molecular weight is 1430 g/mol. The van der Waals surface area contributed by atoms with Crippen LogP contribution in [0.1, 0.15) is 354 Å². The first-order valence-electron chi connectivity index (χ1n) is 41.6. The quantitative estimate of drug-likeness (QED) is 0.0199. The molecule has 590 valence electrons. The summed E-state index contributed by atoms with van der Waals surface area (Å²) in [5, 5.41) is 121. The summed E-state index contributed by atoms with van der Waals surface area (Å²) in [6.07, 6.45) is 49.0. The molecule has 0 aromatic carbocycles. The molecule has 0 aromatic rings. The summed E-state index contributed by atoms with van der Waals surface area (Å²) in [6, 6.07) is -0.988. The van der Waals surface area contributed by atoms with Gasteiger partial charge in [0, 0.05) is 6.42 Å². The van der Waals surface area contributed by atoms with Crippen molar-refractivity contribution in [2.24, 2.45) is 0 Å². The molecule has 0 saturated carbocycles. The summed E-state index contributed by atoms with van der Waals surface area (Å²) in [7, 11) is 0. The molecule has 100 heavy (non-hydrogen) atoms. The monoisotopic (exact) mass is 1430 g/mol. The molecule has 3 fully saturated rings. The number of hydrogen-bond donors (Lipinski definition) is 12. The van der Waals surface area contributed by atoms with Crippen molar-refractivity contribution in [3.63, 3.8) is 0 Å². The van der Waals surface area contributed by atoms with Crippen LogP contribution in [-0.4, -0.2) is 193 Å². The second-order valence-electron chi connectivity index (χ2n) is 29.9. The Morgan fingerprint density at radius 2 is 0.640 bits per heavy atom. The fourth-order valence-electron chi connectivity index (χ4n) is 14.3. The van der Waals surface area contributed by atoms with E-state index in [1.807, 2.05) is 6.08 Å². The minimum Gasteiger partial charge on any atom is -0.394 e. The first-order chi connectivity index (χ1) is 48.8. The summed E-state index contributed by atoms with van der Waals surface area (Å²) in [6.45, 7) is 1.78. The van der Waals surface area contributed by atoms with Gasteiger partial charge in [-0.3, -0.25) is 4.79 Å². The number of rotatable bonds is 67. The third-order valence-electron chi connectivity index (χ3n) is 21.0. The maximum Gasteiger partial charge on any atom is 0.220 e. The third-order valence-corrected chi connectivity index (χ3v) is 21.0. The third kappa shape index (κ3) is 42.0. The Bertz CT molecular complexity index is 1900. The van der Waals surface area contributed by atoms with Crippen LogP contribution in [0.3, 0.4) is 0 Å². The van der Waals surface area contributed by atoms with Gasteiger partial charge in [-0.25, -0.2) is 0 Å². The van der Waals surface area contributed by atoms with Crippen LogP contribution in [0.5, 0.6) is 0 Å². The Morgan fingerprint density at radius 3 is 1.00 bits per heavy atom. The summed E-state index contributed by atoms with van der Waals surface area (Å²) in [5.41, 5.74) is 0. The zero-order chi connectivity index (χ0) is 72.5. The number of unbranched alkanes of at least 4 members (excludes halogenated alkanes) is 49. The predicted molar refractivity (Wildman–Crippen MR) is 397 cm³/mol. The van der Waals surface area contributed by atoms with Crippen molar-refractivity contribution in [3.8, 4) is 0 Å². The summed E-state index contributed by atoms with van der Waals surface area (Å²) >= 11 is 0. The molecule has 0 bridgehead atoms. The number of allylic oxidation sites excluding steroid dienone is 3. The predicted octanol–water partition coefficient (Wildman–Crippen LogP) is 14.1. The van der Waals surface area contributed by atoms with Crippen LogP contribution < -0.4 is 5.32 Å². The number of carbonyl (C=O) groups is 1. The number of aliphatic hydroxyl groups excluding tert-OH is 11. The Morgan fingerprint density at radius 1 is 0.350 bits per heavy atom. The molecule has 12 N–H and O–H groups in total. The molecular weight excluding hydrogens is 1270 g/mol. The zero-order valence-electron chi connectivity index (χ0n) is 63.2. The van der Waals surface area contributed by atoms with E-state index in [1.165, 1.54) is 283 Å². The summed E-state index contributed by atoms with van der Waals surface area (Å²) < 4.78 is 34.5. The van der Waals surface area contributed by atoms with E-state index in [1.54, 1.807) is 6.08 Å². The van der Waals surface area contributed by atoms with Crippen molar-refractivity contribution in [1.29, 1.82) is 0 Å². The van der Waals surface area contributed by atoms with Crippen LogP contribution in [-0.2, 0) is 33.2 Å². The van der Waals surface area contributed by atoms with Crippen molar-refractivity contribution in [1.82, 2.24) is 5.32 Å². The summed E-state index contributed by atoms with van der Waals surface area (Å²) in [4.78, 5) is 13.5. The van der Waals surface area contributed by atoms with Gasteiger partial charge in [0.1, 0.15) is 73.2 Å². The number of nitrogens with one attached hydrogen (secondary N) is 1. The molecule has 17 unspecified atom stereocenters. The van der Waals surface area contributed by atoms with Crippen molar-refractivity contribution in [2.45, 2.75) is 458 Å². The first-order valence-corrected chi connectivity index (χ1v) is 41.6. The van der Waals surface area contributed by atoms with E-state index in [2.05, 4.69) is 31.3 Å². The van der Waals surface area contributed by atoms with Gasteiger partial charge in [-0.2, -0.15) is 0 Å². The van der Waals surface area contributed by atoms with Gasteiger partial charge in [-0.05, 0) is 32.1 Å². The SMILES string of the molecule is CCCCCCCCCCCCCCCCCCCC/C=C/CC/C=C/C(O)C(COC1OC(CO)C(OC2OC(CO)C(OC3OC(CO)C(O)C(O)C3O)C(O)C2O)C(O)C1O)NC(=O)CCCCCCCCCCCCCCCCCCCCCCCCCCCCCCCCC. The summed E-state index contributed by atoms with van der Waals surface area (Å²) in [5.74, 6) is -0.277. The van der Waals surface area contributed by atoms with E-state index in [-0.39, 0.29) is 18.9 Å². The molecular formula is C81H153NO18. The smallest absolute Gasteiger partial charge is 0.220 e. The minimum absolute atomic E-state index is 0.241. The molecule has 19 heteroatoms. The lowest BCUT2D eigenvalue weighted by molar-refractivity contribution is -0.379. The normalized spacial score (nSPS) is 26.5. The van der Waals surface area contributed by atoms with E-state index >= 15 is 0 Å². The topological polar surface area (TPSA) is 307 Å². The van der Waals surface area contributed by atoms with Gasteiger partial charge in [0.25, 0.3) is 0 Å². The molecule has 3 aliphatic heterocycles. The second kappa shape index (κ2) is 62.3. The fraction of sp³-hybridized carbons (Fsp3) is 0.938. The standard InChI is InChI=1S/C81H153NO18/c1-3-5-7-9-11-13-15-17-19-21-23-25-27-29-30-31-32-33-34-35-37-39-41-43-45-47-49-51-53-55-57-59-69(87)82-64(65(86)58-56-54-52-50-48-46-44-42-40-38-36-28-26-24-22-20-18-16-14-12-10-8-6-4-2)63-95-79-75(93)72(90)77(67(61-84)97-79)100-81-76(94)73(91)78(68(62-85)98-81)99-80-74(92)71(89)70(88)66(60-83)96-80/h48,50,56,58,64-68,70-81,83-86,88-94H,3-47,49,51-55,57,59-63H2,1-2H3,(H,82,87)/b50-48+,58-56+. The molecule has 0 spiro atoms. The van der Waals surface area contributed by atoms with Crippen LogP contribution in [0.25, 0.3) is 0 Å². The average Bonchev–Trinajstić information content (AvgIpc) is 0.783. The lowest BCUT2D eigenvalue weighted by Crippen LogP contribution is -2.66. The van der Waals surface area contributed by atoms with Gasteiger partial charge >= 0.3 is 0 Å². The second-order valence-corrected chi connectivity index (χ2v) is 29.9. The highest BCUT2D eigenvalue weighted by Crippen LogP contribution is 2.33. The Hall–Kier alpha value is -1.73. The van der Waals surface area contributed by atoms with E-state index < -0.39 is 124 Å². The van der Waals surface area contributed by atoms with E-state index in [9.17, 15) is 61.0 Å². The van der Waals surface area contributed by atoms with Gasteiger partial charge in [0.05, 0.1) is 38.6 Å². The highest BCUT2D eigenvalue weighted by Gasteiger charge is 2.54. The molecule has 19 nitrogen and oxygen atoms in total. The Labute approximate surface area is 607 Å². The Kier molecular flexibility index (Phi) is 57.6. The largest absolute Gasteiger partial charge is 0.394 e.